The molecule has 1 aromatic carbocycles. The van der Waals surface area contributed by atoms with Gasteiger partial charge in [0.1, 0.15) is 18.3 Å². The number of aromatic amines is 1. The van der Waals surface area contributed by atoms with Gasteiger partial charge in [0.25, 0.3) is 5.56 Å². The zero-order chi connectivity index (χ0) is 23.2. The van der Waals surface area contributed by atoms with Crippen LogP contribution in [-0.2, 0) is 11.3 Å². The van der Waals surface area contributed by atoms with Gasteiger partial charge in [-0.1, -0.05) is 23.2 Å². The first-order chi connectivity index (χ1) is 15.2. The monoisotopic (exact) mass is 486 g/mol. The molecule has 2 aromatic heterocycles. The van der Waals surface area contributed by atoms with Gasteiger partial charge >= 0.3 is 0 Å². The molecule has 1 fully saturated rings. The maximum absolute atomic E-state index is 12.0. The third kappa shape index (κ3) is 3.85. The first kappa shape index (κ1) is 22.6. The second-order valence-corrected chi connectivity index (χ2v) is 7.94. The van der Waals surface area contributed by atoms with E-state index in [1.807, 2.05) is 0 Å². The molecule has 0 radical (unpaired) electrons. The summed E-state index contributed by atoms with van der Waals surface area (Å²) < 4.78 is 12.1. The van der Waals surface area contributed by atoms with E-state index in [1.54, 1.807) is 0 Å². The zero-order valence-electron chi connectivity index (χ0n) is 16.6. The highest BCUT2D eigenvalue weighted by atomic mass is 35.5. The fourth-order valence-electron chi connectivity index (χ4n) is 3.54. The average Bonchev–Trinajstić information content (AvgIpc) is 3.29. The van der Waals surface area contributed by atoms with Gasteiger partial charge in [-0.15, -0.1) is 0 Å². The number of anilines is 1. The number of nitrogens with one attached hydrogen (secondary N) is 2. The highest BCUT2D eigenvalue weighted by Crippen LogP contribution is 2.40. The standard InChI is InChI=1S/C18H20Cl2N6O6/c1-31-8-2-7(19)6(10(20)12(8)27)3-22-4-9-13(28)14(29)17(32-9)26-5-23-11-15(26)24-18(21)25-16(11)30/h2,5,9,13-14,17,22,27-29H,3-4H2,1H3,(H3,21,24,25,30)/t9-,13-,14-,17-/m1/s1. The number of imidazole rings is 1. The molecular formula is C18H20Cl2N6O6. The Kier molecular flexibility index (Phi) is 6.16. The number of aromatic hydroxyl groups is 1. The van der Waals surface area contributed by atoms with E-state index in [-0.39, 0.29) is 51.7 Å². The van der Waals surface area contributed by atoms with Crippen LogP contribution in [0.15, 0.2) is 17.2 Å². The number of nitrogens with zero attached hydrogens (tertiary/aromatic N) is 3. The lowest BCUT2D eigenvalue weighted by Crippen LogP contribution is -2.37. The molecule has 1 saturated heterocycles. The Morgan fingerprint density at radius 1 is 1.38 bits per heavy atom. The molecule has 3 aromatic rings. The molecule has 32 heavy (non-hydrogen) atoms. The first-order valence-corrected chi connectivity index (χ1v) is 10.2. The first-order valence-electron chi connectivity index (χ1n) is 9.41. The van der Waals surface area contributed by atoms with Crippen molar-refractivity contribution in [2.75, 3.05) is 19.4 Å². The summed E-state index contributed by atoms with van der Waals surface area (Å²) in [6.45, 7) is 0.251. The molecule has 14 heteroatoms. The summed E-state index contributed by atoms with van der Waals surface area (Å²) in [7, 11) is 1.38. The molecule has 0 spiro atoms. The third-order valence-electron chi connectivity index (χ3n) is 5.18. The molecule has 0 aliphatic carbocycles. The molecule has 4 rings (SSSR count). The lowest BCUT2D eigenvalue weighted by molar-refractivity contribution is -0.0342. The number of phenolic OH excluding ortho intramolecular Hbond substituents is 1. The summed E-state index contributed by atoms with van der Waals surface area (Å²) in [5.74, 6) is -0.214. The van der Waals surface area contributed by atoms with Gasteiger partial charge in [-0.2, -0.15) is 4.98 Å². The lowest BCUT2D eigenvalue weighted by Gasteiger charge is -2.17. The lowest BCUT2D eigenvalue weighted by atomic mass is 10.1. The molecule has 1 aliphatic heterocycles. The van der Waals surface area contributed by atoms with Gasteiger partial charge in [-0.05, 0) is 0 Å². The van der Waals surface area contributed by atoms with E-state index in [1.165, 1.54) is 24.1 Å². The number of ether oxygens (including phenoxy) is 2. The van der Waals surface area contributed by atoms with Crippen molar-refractivity contribution in [3.05, 3.63) is 38.4 Å². The predicted octanol–water partition coefficient (Wildman–Crippen LogP) is 0.132. The van der Waals surface area contributed by atoms with Crippen LogP contribution < -0.4 is 21.3 Å². The molecule has 1 aliphatic rings. The van der Waals surface area contributed by atoms with Gasteiger partial charge in [0.15, 0.2) is 28.9 Å². The Balaban J connectivity index is 1.48. The van der Waals surface area contributed by atoms with E-state index in [4.69, 9.17) is 38.4 Å². The summed E-state index contributed by atoms with van der Waals surface area (Å²) in [6.07, 6.45) is -3.16. The van der Waals surface area contributed by atoms with E-state index in [0.29, 0.717) is 5.56 Å². The van der Waals surface area contributed by atoms with E-state index < -0.39 is 30.1 Å². The molecule has 4 atom stereocenters. The highest BCUT2D eigenvalue weighted by Gasteiger charge is 2.44. The Morgan fingerprint density at radius 3 is 2.84 bits per heavy atom. The second kappa shape index (κ2) is 8.73. The Bertz CT molecular complexity index is 1220. The molecule has 12 nitrogen and oxygen atoms in total. The summed E-state index contributed by atoms with van der Waals surface area (Å²) in [4.78, 5) is 22.3. The third-order valence-corrected chi connectivity index (χ3v) is 5.93. The van der Waals surface area contributed by atoms with Crippen molar-refractivity contribution >= 4 is 40.3 Å². The van der Waals surface area contributed by atoms with Gasteiger partial charge in [-0.3, -0.25) is 14.3 Å². The van der Waals surface area contributed by atoms with Gasteiger partial charge in [0, 0.05) is 24.7 Å². The van der Waals surface area contributed by atoms with E-state index in [9.17, 15) is 20.1 Å². The Labute approximate surface area is 190 Å². The van der Waals surface area contributed by atoms with Crippen molar-refractivity contribution in [2.24, 2.45) is 0 Å². The number of methoxy groups -OCH3 is 1. The predicted molar refractivity (Wildman–Crippen MR) is 115 cm³/mol. The maximum atomic E-state index is 12.0. The van der Waals surface area contributed by atoms with E-state index in [2.05, 4.69) is 20.3 Å². The quantitative estimate of drug-likeness (QED) is 0.280. The van der Waals surface area contributed by atoms with Crippen molar-refractivity contribution in [3.8, 4) is 11.5 Å². The molecule has 7 N–H and O–H groups in total. The van der Waals surface area contributed by atoms with Gasteiger partial charge in [0.2, 0.25) is 5.95 Å². The minimum absolute atomic E-state index is 0.0228. The SMILES string of the molecule is COc1cc(Cl)c(CNC[C@H]2O[C@@H](n3cnc4c(=O)[nH]c(N)nc43)[C@H](O)[C@@H]2O)c(Cl)c1O. The van der Waals surface area contributed by atoms with Crippen molar-refractivity contribution in [1.82, 2.24) is 24.8 Å². The number of fused-ring (bicyclic) bond motifs is 1. The average molecular weight is 487 g/mol. The van der Waals surface area contributed by atoms with Gasteiger partial charge in [-0.25, -0.2) is 4.98 Å². The second-order valence-electron chi connectivity index (χ2n) is 7.15. The number of benzene rings is 1. The van der Waals surface area contributed by atoms with Crippen LogP contribution >= 0.6 is 23.2 Å². The largest absolute Gasteiger partial charge is 0.503 e. The number of nitrogens with two attached hydrogens (primary N) is 1. The van der Waals surface area contributed by atoms with Crippen molar-refractivity contribution in [3.63, 3.8) is 0 Å². The number of aliphatic hydroxyl groups is 2. The van der Waals surface area contributed by atoms with E-state index in [0.717, 1.165) is 0 Å². The topological polar surface area (TPSA) is 181 Å². The fourth-order valence-corrected chi connectivity index (χ4v) is 4.11. The Morgan fingerprint density at radius 2 is 2.12 bits per heavy atom. The van der Waals surface area contributed by atoms with E-state index >= 15 is 0 Å². The number of hydrogen-bond donors (Lipinski definition) is 6. The molecule has 0 bridgehead atoms. The zero-order valence-corrected chi connectivity index (χ0v) is 18.1. The van der Waals surface area contributed by atoms with Crippen LogP contribution in [0.5, 0.6) is 11.5 Å². The van der Waals surface area contributed by atoms with Crippen LogP contribution in [0.4, 0.5) is 5.95 Å². The van der Waals surface area contributed by atoms with Gasteiger partial charge < -0.3 is 35.8 Å². The number of aliphatic hydroxyl groups excluding tert-OH is 2. The summed E-state index contributed by atoms with van der Waals surface area (Å²) >= 11 is 12.4. The summed E-state index contributed by atoms with van der Waals surface area (Å²) in [5.41, 5.74) is 5.63. The number of aromatic nitrogens is 4. The molecule has 172 valence electrons. The molecule has 3 heterocycles. The highest BCUT2D eigenvalue weighted by molar-refractivity contribution is 6.37. The molecule has 0 amide bonds. The van der Waals surface area contributed by atoms with Crippen LogP contribution in [0, 0.1) is 0 Å². The van der Waals surface area contributed by atoms with Crippen molar-refractivity contribution in [1.29, 1.82) is 0 Å². The van der Waals surface area contributed by atoms with Crippen LogP contribution in [0.25, 0.3) is 11.2 Å². The number of phenols is 1. The molecule has 0 saturated carbocycles. The minimum atomic E-state index is -1.32. The number of rotatable bonds is 6. The number of halogens is 2. The van der Waals surface area contributed by atoms with Crippen molar-refractivity contribution < 1.29 is 24.8 Å². The fraction of sp³-hybridized carbons (Fsp3) is 0.389. The van der Waals surface area contributed by atoms with Gasteiger partial charge in [0.05, 0.1) is 23.5 Å². The summed E-state index contributed by atoms with van der Waals surface area (Å²) in [5, 5.41) is 34.4. The van der Waals surface area contributed by atoms with Crippen LogP contribution in [0.2, 0.25) is 10.0 Å². The summed E-state index contributed by atoms with van der Waals surface area (Å²) in [6, 6.07) is 1.44. The minimum Gasteiger partial charge on any atom is -0.503 e. The molecular weight excluding hydrogens is 467 g/mol. The smallest absolute Gasteiger partial charge is 0.280 e. The number of nitrogen functional groups attached to an aromatic ring is 1. The normalized spacial score (nSPS) is 23.2. The van der Waals surface area contributed by atoms with Crippen LogP contribution in [0.1, 0.15) is 11.8 Å². The van der Waals surface area contributed by atoms with Crippen LogP contribution in [0.3, 0.4) is 0 Å². The maximum Gasteiger partial charge on any atom is 0.280 e. The number of hydrogen-bond acceptors (Lipinski definition) is 10. The Hall–Kier alpha value is -2.61. The molecule has 0 unspecified atom stereocenters. The number of H-pyrrole nitrogens is 1. The van der Waals surface area contributed by atoms with Crippen molar-refractivity contribution in [2.45, 2.75) is 31.1 Å². The van der Waals surface area contributed by atoms with Crippen LogP contribution in [-0.4, -0.2) is 66.8 Å².